The molecule has 1 saturated carbocycles. The van der Waals surface area contributed by atoms with Crippen molar-refractivity contribution in [1.82, 2.24) is 10.3 Å². The number of amides is 1. The van der Waals surface area contributed by atoms with Gasteiger partial charge in [0.25, 0.3) is 0 Å². The van der Waals surface area contributed by atoms with Crippen LogP contribution >= 0.6 is 0 Å². The smallest absolute Gasteiger partial charge is 0.405 e. The summed E-state index contributed by atoms with van der Waals surface area (Å²) >= 11 is 0. The molecule has 11 nitrogen and oxygen atoms in total. The van der Waals surface area contributed by atoms with Crippen LogP contribution < -0.4 is 20.9 Å². The largest absolute Gasteiger partial charge is 0.465 e. The van der Waals surface area contributed by atoms with E-state index in [0.717, 1.165) is 49.3 Å². The van der Waals surface area contributed by atoms with Crippen LogP contribution in [0, 0.1) is 10.1 Å². The monoisotopic (exact) mass is 504 g/mol. The molecule has 0 radical (unpaired) electrons. The third-order valence-electron chi connectivity index (χ3n) is 6.82. The second-order valence-corrected chi connectivity index (χ2v) is 9.16. The zero-order valence-corrected chi connectivity index (χ0v) is 20.1. The predicted octanol–water partition coefficient (Wildman–Crippen LogP) is 4.96. The summed E-state index contributed by atoms with van der Waals surface area (Å²) in [5.41, 5.74) is 2.63. The minimum Gasteiger partial charge on any atom is -0.465 e. The number of aromatic nitrogens is 1. The van der Waals surface area contributed by atoms with E-state index in [0.29, 0.717) is 24.7 Å². The quantitative estimate of drug-likeness (QED) is 0.247. The van der Waals surface area contributed by atoms with Crippen LogP contribution in [0.3, 0.4) is 0 Å². The maximum absolute atomic E-state index is 11.7. The van der Waals surface area contributed by atoms with Gasteiger partial charge in [-0.1, -0.05) is 18.2 Å². The molecule has 3 aromatic rings. The van der Waals surface area contributed by atoms with E-state index in [2.05, 4.69) is 25.8 Å². The van der Waals surface area contributed by atoms with E-state index >= 15 is 0 Å². The number of ether oxygens (including phenoxy) is 1. The van der Waals surface area contributed by atoms with Gasteiger partial charge >= 0.3 is 11.8 Å². The van der Waals surface area contributed by atoms with Gasteiger partial charge < -0.3 is 30.7 Å². The van der Waals surface area contributed by atoms with Crippen molar-refractivity contribution >= 4 is 40.5 Å². The van der Waals surface area contributed by atoms with Crippen LogP contribution in [-0.2, 0) is 10.3 Å². The number of benzene rings is 2. The molecule has 0 spiro atoms. The van der Waals surface area contributed by atoms with Gasteiger partial charge in [0.2, 0.25) is 5.82 Å². The lowest BCUT2D eigenvalue weighted by Gasteiger charge is -2.42. The second kappa shape index (κ2) is 10.3. The number of hydrogen-bond donors (Lipinski definition) is 4. The zero-order valence-electron chi connectivity index (χ0n) is 20.1. The number of nitro groups is 1. The van der Waals surface area contributed by atoms with Crippen LogP contribution in [0.1, 0.15) is 24.8 Å². The van der Waals surface area contributed by atoms with E-state index in [4.69, 9.17) is 4.74 Å². The summed E-state index contributed by atoms with van der Waals surface area (Å²) in [4.78, 5) is 29.1. The van der Waals surface area contributed by atoms with Crippen LogP contribution in [0.5, 0.6) is 0 Å². The Kier molecular flexibility index (Phi) is 6.78. The van der Waals surface area contributed by atoms with E-state index < -0.39 is 16.6 Å². The molecule has 1 aromatic heterocycles. The third-order valence-corrected chi connectivity index (χ3v) is 6.82. The van der Waals surface area contributed by atoms with Gasteiger partial charge in [-0.2, -0.15) is 0 Å². The van der Waals surface area contributed by atoms with Gasteiger partial charge in [-0.3, -0.25) is 10.1 Å². The second-order valence-electron chi connectivity index (χ2n) is 9.16. The fourth-order valence-corrected chi connectivity index (χ4v) is 4.74. The molecule has 1 aliphatic heterocycles. The van der Waals surface area contributed by atoms with E-state index in [-0.39, 0.29) is 11.5 Å². The molecule has 0 bridgehead atoms. The van der Waals surface area contributed by atoms with Crippen LogP contribution in [0.15, 0.2) is 60.7 Å². The number of morpholine rings is 1. The Morgan fingerprint density at radius 3 is 2.43 bits per heavy atom. The summed E-state index contributed by atoms with van der Waals surface area (Å²) in [6, 6.07) is 18.1. The molecule has 1 saturated heterocycles. The Labute approximate surface area is 213 Å². The van der Waals surface area contributed by atoms with Crippen LogP contribution in [0.4, 0.5) is 39.2 Å². The molecule has 11 heteroatoms. The minimum absolute atomic E-state index is 0.106. The van der Waals surface area contributed by atoms with Crippen LogP contribution in [0.2, 0.25) is 0 Å². The molecule has 5 rings (SSSR count). The third kappa shape index (κ3) is 5.41. The Morgan fingerprint density at radius 1 is 1.03 bits per heavy atom. The highest BCUT2D eigenvalue weighted by molar-refractivity contribution is 5.71. The van der Waals surface area contributed by atoms with E-state index in [1.54, 1.807) is 18.2 Å². The van der Waals surface area contributed by atoms with Crippen molar-refractivity contribution in [2.45, 2.75) is 24.8 Å². The Balaban J connectivity index is 1.34. The van der Waals surface area contributed by atoms with Gasteiger partial charge in [0.05, 0.1) is 23.7 Å². The number of carbonyl (C=O) groups is 1. The normalized spacial score (nSPS) is 16.4. The molecule has 0 unspecified atom stereocenters. The number of rotatable bonds is 8. The number of anilines is 5. The number of nitrogens with one attached hydrogen (secondary N) is 3. The lowest BCUT2D eigenvalue weighted by molar-refractivity contribution is -0.384. The van der Waals surface area contributed by atoms with Crippen molar-refractivity contribution in [1.29, 1.82) is 0 Å². The fourth-order valence-electron chi connectivity index (χ4n) is 4.74. The van der Waals surface area contributed by atoms with E-state index in [1.165, 1.54) is 6.07 Å². The number of hydrogen-bond acceptors (Lipinski definition) is 8. The summed E-state index contributed by atoms with van der Waals surface area (Å²) in [6.45, 7) is 3.02. The summed E-state index contributed by atoms with van der Waals surface area (Å²) in [5.74, 6) is 0.567. The van der Waals surface area contributed by atoms with Crippen molar-refractivity contribution in [3.8, 4) is 0 Å². The summed E-state index contributed by atoms with van der Waals surface area (Å²) < 4.78 is 5.43. The molecule has 1 amide bonds. The van der Waals surface area contributed by atoms with Crippen LogP contribution in [0.25, 0.3) is 0 Å². The summed E-state index contributed by atoms with van der Waals surface area (Å²) in [5, 5.41) is 29.8. The van der Waals surface area contributed by atoms with Gasteiger partial charge in [0.1, 0.15) is 5.82 Å². The molecule has 1 aliphatic carbocycles. The molecular weight excluding hydrogens is 476 g/mol. The first kappa shape index (κ1) is 24.3. The van der Waals surface area contributed by atoms with Crippen molar-refractivity contribution in [2.75, 3.05) is 41.8 Å². The van der Waals surface area contributed by atoms with Gasteiger partial charge in [-0.15, -0.1) is 0 Å². The average molecular weight is 505 g/mol. The first-order chi connectivity index (χ1) is 17.9. The molecule has 192 valence electrons. The zero-order chi connectivity index (χ0) is 25.8. The number of pyridine rings is 1. The van der Waals surface area contributed by atoms with Crippen LogP contribution in [-0.4, -0.2) is 47.4 Å². The molecule has 2 heterocycles. The van der Waals surface area contributed by atoms with E-state index in [1.807, 2.05) is 36.4 Å². The number of carboxylic acid groups (broad SMARTS) is 1. The molecule has 37 heavy (non-hydrogen) atoms. The SMILES string of the molecule is O=C(O)NC1(c2ccc(Nc3nc(Nc4cccc(N5CCOCC5)c4)ccc3[N+](=O)[O-])cc2)CCC1. The molecule has 2 aromatic carbocycles. The van der Waals surface area contributed by atoms with Gasteiger partial charge in [-0.25, -0.2) is 9.78 Å². The highest BCUT2D eigenvalue weighted by Crippen LogP contribution is 2.41. The van der Waals surface area contributed by atoms with Gasteiger partial charge in [0.15, 0.2) is 0 Å². The Bertz CT molecular complexity index is 1290. The minimum atomic E-state index is -1.05. The summed E-state index contributed by atoms with van der Waals surface area (Å²) in [7, 11) is 0. The lowest BCUT2D eigenvalue weighted by Crippen LogP contribution is -2.50. The number of nitrogens with zero attached hydrogens (tertiary/aromatic N) is 3. The van der Waals surface area contributed by atoms with Crippen molar-refractivity contribution in [3.63, 3.8) is 0 Å². The van der Waals surface area contributed by atoms with Crippen molar-refractivity contribution < 1.29 is 19.6 Å². The molecular formula is C26H28N6O5. The Morgan fingerprint density at radius 2 is 1.78 bits per heavy atom. The van der Waals surface area contributed by atoms with Gasteiger partial charge in [0, 0.05) is 36.2 Å². The lowest BCUT2D eigenvalue weighted by atomic mass is 9.72. The molecule has 2 aliphatic rings. The van der Waals surface area contributed by atoms with Crippen molar-refractivity contribution in [2.24, 2.45) is 0 Å². The average Bonchev–Trinajstić information content (AvgIpc) is 2.87. The maximum Gasteiger partial charge on any atom is 0.405 e. The van der Waals surface area contributed by atoms with Gasteiger partial charge in [-0.05, 0) is 61.2 Å². The highest BCUT2D eigenvalue weighted by Gasteiger charge is 2.40. The van der Waals surface area contributed by atoms with Crippen molar-refractivity contribution in [3.05, 3.63) is 76.3 Å². The predicted molar refractivity (Wildman–Crippen MR) is 140 cm³/mol. The fraction of sp³-hybridized carbons (Fsp3) is 0.308. The maximum atomic E-state index is 11.7. The first-order valence-electron chi connectivity index (χ1n) is 12.2. The first-order valence-corrected chi connectivity index (χ1v) is 12.2. The Hall–Kier alpha value is -4.38. The molecule has 0 atom stereocenters. The highest BCUT2D eigenvalue weighted by atomic mass is 16.6. The topological polar surface area (TPSA) is 142 Å². The summed E-state index contributed by atoms with van der Waals surface area (Å²) in [6.07, 6.45) is 1.37. The molecule has 2 fully saturated rings. The molecule has 4 N–H and O–H groups in total. The standard InChI is InChI=1S/C26H28N6O5/c33-25(34)30-26(11-2-12-26)18-5-7-19(8-6-18)28-24-22(32(35)36)9-10-23(29-24)27-20-3-1-4-21(17-20)31-13-15-37-16-14-31/h1,3-10,17,30H,2,11-16H2,(H,33,34)(H2,27,28,29). The van der Waals surface area contributed by atoms with E-state index in [9.17, 15) is 20.0 Å².